The van der Waals surface area contributed by atoms with Gasteiger partial charge in [0.2, 0.25) is 0 Å². The minimum absolute atomic E-state index is 0.0570. The molecule has 1 atom stereocenters. The summed E-state index contributed by atoms with van der Waals surface area (Å²) in [5.74, 6) is 2.39. The molecule has 1 unspecified atom stereocenters. The van der Waals surface area contributed by atoms with E-state index in [1.54, 1.807) is 0 Å². The molecule has 104 valence electrons. The molecule has 0 bridgehead atoms. The highest BCUT2D eigenvalue weighted by Crippen LogP contribution is 2.31. The Labute approximate surface area is 113 Å². The zero-order valence-corrected chi connectivity index (χ0v) is 11.5. The van der Waals surface area contributed by atoms with Gasteiger partial charge in [0.05, 0.1) is 19.6 Å². The van der Waals surface area contributed by atoms with Crippen LogP contribution in [0, 0.1) is 5.92 Å². The van der Waals surface area contributed by atoms with Crippen LogP contribution in [0.1, 0.15) is 56.1 Å². The van der Waals surface area contributed by atoms with E-state index in [-0.39, 0.29) is 11.9 Å². The van der Waals surface area contributed by atoms with Crippen molar-refractivity contribution >= 4 is 5.97 Å². The summed E-state index contributed by atoms with van der Waals surface area (Å²) in [6.45, 7) is 0.627. The zero-order chi connectivity index (χ0) is 13.2. The monoisotopic (exact) mass is 263 g/mol. The first-order chi connectivity index (χ1) is 9.28. The quantitative estimate of drug-likeness (QED) is 0.766. The maximum Gasteiger partial charge on any atom is 0.310 e. The third-order valence-electron chi connectivity index (χ3n) is 4.38. The Bertz CT molecular complexity index is 463. The summed E-state index contributed by atoms with van der Waals surface area (Å²) < 4.78 is 6.75. The molecule has 0 spiro atoms. The zero-order valence-electron chi connectivity index (χ0n) is 11.5. The molecule has 5 nitrogen and oxygen atoms in total. The van der Waals surface area contributed by atoms with Gasteiger partial charge in [-0.25, -0.2) is 9.67 Å². The standard InChI is InChI=1S/C14H21N3O2/c1-19-14(18)11-7-8-12-15-13(16-17(12)9-11)10-5-3-2-4-6-10/h10-11H,2-9H2,1H3. The molecule has 3 rings (SSSR count). The van der Waals surface area contributed by atoms with E-state index in [4.69, 9.17) is 9.72 Å². The maximum absolute atomic E-state index is 11.6. The van der Waals surface area contributed by atoms with Gasteiger partial charge >= 0.3 is 5.97 Å². The topological polar surface area (TPSA) is 57.0 Å². The van der Waals surface area contributed by atoms with E-state index in [2.05, 4.69) is 5.10 Å². The van der Waals surface area contributed by atoms with Crippen molar-refractivity contribution < 1.29 is 9.53 Å². The number of rotatable bonds is 2. The summed E-state index contributed by atoms with van der Waals surface area (Å²) in [4.78, 5) is 16.3. The third-order valence-corrected chi connectivity index (χ3v) is 4.38. The van der Waals surface area contributed by atoms with Crippen LogP contribution in [-0.2, 0) is 22.5 Å². The van der Waals surface area contributed by atoms with E-state index in [0.29, 0.717) is 12.5 Å². The first kappa shape index (κ1) is 12.6. The second kappa shape index (κ2) is 5.31. The van der Waals surface area contributed by atoms with Crippen LogP contribution in [0.4, 0.5) is 0 Å². The van der Waals surface area contributed by atoms with Gasteiger partial charge < -0.3 is 4.74 Å². The smallest absolute Gasteiger partial charge is 0.310 e. The molecular weight excluding hydrogens is 242 g/mol. The molecule has 1 aromatic rings. The molecule has 5 heteroatoms. The van der Waals surface area contributed by atoms with Crippen LogP contribution in [0.5, 0.6) is 0 Å². The number of fused-ring (bicyclic) bond motifs is 1. The fourth-order valence-electron chi connectivity index (χ4n) is 3.22. The fraction of sp³-hybridized carbons (Fsp3) is 0.786. The first-order valence-electron chi connectivity index (χ1n) is 7.29. The van der Waals surface area contributed by atoms with Crippen molar-refractivity contribution in [3.8, 4) is 0 Å². The lowest BCUT2D eigenvalue weighted by Gasteiger charge is -2.20. The Kier molecular flexibility index (Phi) is 3.53. The highest BCUT2D eigenvalue weighted by molar-refractivity contribution is 5.72. The predicted octanol–water partition coefficient (Wildman–Crippen LogP) is 2.06. The van der Waals surface area contributed by atoms with Gasteiger partial charge in [0.15, 0.2) is 5.82 Å². The molecule has 19 heavy (non-hydrogen) atoms. The molecule has 0 aromatic carbocycles. The Morgan fingerprint density at radius 1 is 1.26 bits per heavy atom. The van der Waals surface area contributed by atoms with Gasteiger partial charge in [0.25, 0.3) is 0 Å². The lowest BCUT2D eigenvalue weighted by atomic mass is 9.89. The summed E-state index contributed by atoms with van der Waals surface area (Å²) in [5, 5.41) is 4.64. The number of methoxy groups -OCH3 is 1. The molecule has 0 radical (unpaired) electrons. The lowest BCUT2D eigenvalue weighted by molar-refractivity contribution is -0.146. The summed E-state index contributed by atoms with van der Waals surface area (Å²) >= 11 is 0. The normalized spacial score (nSPS) is 23.9. The Morgan fingerprint density at radius 2 is 2.05 bits per heavy atom. The highest BCUT2D eigenvalue weighted by atomic mass is 16.5. The van der Waals surface area contributed by atoms with Gasteiger partial charge in [-0.2, -0.15) is 5.10 Å². The van der Waals surface area contributed by atoms with E-state index < -0.39 is 0 Å². The van der Waals surface area contributed by atoms with Crippen LogP contribution in [0.3, 0.4) is 0 Å². The molecule has 1 aromatic heterocycles. The summed E-state index contributed by atoms with van der Waals surface area (Å²) in [6, 6.07) is 0. The van der Waals surface area contributed by atoms with Gasteiger partial charge in [-0.3, -0.25) is 4.79 Å². The number of hydrogen-bond donors (Lipinski definition) is 0. The van der Waals surface area contributed by atoms with Gasteiger partial charge in [0.1, 0.15) is 5.82 Å². The maximum atomic E-state index is 11.6. The van der Waals surface area contributed by atoms with Gasteiger partial charge in [-0.05, 0) is 19.3 Å². The molecule has 0 N–H and O–H groups in total. The lowest BCUT2D eigenvalue weighted by Crippen LogP contribution is -2.28. The van der Waals surface area contributed by atoms with E-state index in [1.165, 1.54) is 39.2 Å². The van der Waals surface area contributed by atoms with E-state index in [9.17, 15) is 4.79 Å². The largest absolute Gasteiger partial charge is 0.469 e. The molecule has 2 aliphatic rings. The van der Waals surface area contributed by atoms with Crippen LogP contribution in [0.2, 0.25) is 0 Å². The van der Waals surface area contributed by atoms with Gasteiger partial charge in [-0.15, -0.1) is 0 Å². The van der Waals surface area contributed by atoms with Crippen LogP contribution in [0.15, 0.2) is 0 Å². The number of carbonyl (C=O) groups excluding carboxylic acids is 1. The van der Waals surface area contributed by atoms with Gasteiger partial charge in [0, 0.05) is 12.3 Å². The van der Waals surface area contributed by atoms with Crippen LogP contribution < -0.4 is 0 Å². The van der Waals surface area contributed by atoms with Crippen molar-refractivity contribution in [2.24, 2.45) is 5.92 Å². The Balaban J connectivity index is 1.74. The van der Waals surface area contributed by atoms with Crippen molar-refractivity contribution in [1.82, 2.24) is 14.8 Å². The molecule has 1 aliphatic carbocycles. The fourth-order valence-corrected chi connectivity index (χ4v) is 3.22. The van der Waals surface area contributed by atoms with Crippen LogP contribution in [-0.4, -0.2) is 27.8 Å². The minimum atomic E-state index is -0.125. The number of nitrogens with zero attached hydrogens (tertiary/aromatic N) is 3. The molecular formula is C14H21N3O2. The summed E-state index contributed by atoms with van der Waals surface area (Å²) in [5.41, 5.74) is 0. The van der Waals surface area contributed by atoms with Crippen molar-refractivity contribution in [2.45, 2.75) is 57.4 Å². The highest BCUT2D eigenvalue weighted by Gasteiger charge is 2.29. The van der Waals surface area contributed by atoms with Crippen molar-refractivity contribution in [3.63, 3.8) is 0 Å². The second-order valence-corrected chi connectivity index (χ2v) is 5.66. The van der Waals surface area contributed by atoms with Crippen molar-refractivity contribution in [1.29, 1.82) is 0 Å². The predicted molar refractivity (Wildman–Crippen MR) is 69.7 cm³/mol. The second-order valence-electron chi connectivity index (χ2n) is 5.66. The number of esters is 1. The Hall–Kier alpha value is -1.39. The van der Waals surface area contributed by atoms with Crippen molar-refractivity contribution in [2.75, 3.05) is 7.11 Å². The van der Waals surface area contributed by atoms with E-state index in [0.717, 1.165) is 24.5 Å². The first-order valence-corrected chi connectivity index (χ1v) is 7.29. The minimum Gasteiger partial charge on any atom is -0.469 e. The molecule has 1 saturated carbocycles. The van der Waals surface area contributed by atoms with E-state index in [1.807, 2.05) is 4.68 Å². The molecule has 1 fully saturated rings. The number of carbonyl (C=O) groups is 1. The van der Waals surface area contributed by atoms with Crippen molar-refractivity contribution in [3.05, 3.63) is 11.6 Å². The van der Waals surface area contributed by atoms with E-state index >= 15 is 0 Å². The molecule has 0 saturated heterocycles. The number of ether oxygens (including phenoxy) is 1. The number of aryl methyl sites for hydroxylation is 1. The third kappa shape index (κ3) is 2.51. The average Bonchev–Trinajstić information content (AvgIpc) is 2.90. The molecule has 0 amide bonds. The molecule has 2 heterocycles. The summed E-state index contributed by atoms with van der Waals surface area (Å²) in [7, 11) is 1.45. The average molecular weight is 263 g/mol. The SMILES string of the molecule is COC(=O)C1CCc2nc(C3CCCCC3)nn2C1. The van der Waals surface area contributed by atoms with Crippen LogP contribution in [0.25, 0.3) is 0 Å². The summed E-state index contributed by atoms with van der Waals surface area (Å²) in [6.07, 6.45) is 8.01. The number of aromatic nitrogens is 3. The molecule has 1 aliphatic heterocycles. The van der Waals surface area contributed by atoms with Crippen LogP contribution >= 0.6 is 0 Å². The Morgan fingerprint density at radius 3 is 2.79 bits per heavy atom. The number of hydrogen-bond acceptors (Lipinski definition) is 4. The van der Waals surface area contributed by atoms with Gasteiger partial charge in [-0.1, -0.05) is 19.3 Å².